The van der Waals surface area contributed by atoms with Crippen LogP contribution in [0.3, 0.4) is 0 Å². The lowest BCUT2D eigenvalue weighted by Crippen LogP contribution is -2.57. The molecule has 0 aromatic rings. The van der Waals surface area contributed by atoms with Crippen molar-refractivity contribution in [2.24, 2.45) is 0 Å². The van der Waals surface area contributed by atoms with Crippen molar-refractivity contribution in [2.45, 2.75) is 18.9 Å². The van der Waals surface area contributed by atoms with Crippen LogP contribution in [0.2, 0.25) is 6.04 Å². The summed E-state index contributed by atoms with van der Waals surface area (Å²) in [5.74, 6) is -1.51. The van der Waals surface area contributed by atoms with Crippen molar-refractivity contribution >= 4 is 24.9 Å². The molecule has 11 nitrogen and oxygen atoms in total. The van der Waals surface area contributed by atoms with E-state index in [1.165, 1.54) is 0 Å². The number of hydrogen-bond donors (Lipinski definition) is 0. The molecule has 32 heavy (non-hydrogen) atoms. The number of fused-ring (bicyclic) bond motifs is 6. The van der Waals surface area contributed by atoms with Crippen LogP contribution in [0, 0.1) is 0 Å². The first-order valence-electron chi connectivity index (χ1n) is 11.3. The van der Waals surface area contributed by atoms with Crippen molar-refractivity contribution in [3.63, 3.8) is 0 Å². The standard InChI is InChI=1S/C19H39N3O8SSi/c1-21(2,18-19(23)24)11-12-22(3,9-4-16-31(25,26)27)10-5-17-32-28-13-6-20(7-14-29-32)8-15-30-32/h4-18H2,1-3H3. The third-order valence-corrected chi connectivity index (χ3v) is 9.95. The highest BCUT2D eigenvalue weighted by Crippen LogP contribution is 2.23. The quantitative estimate of drug-likeness (QED) is 0.160. The molecule has 3 aliphatic heterocycles. The molecule has 0 aromatic heterocycles. The first-order chi connectivity index (χ1) is 14.8. The van der Waals surface area contributed by atoms with Gasteiger partial charge in [-0.2, -0.15) is 0 Å². The van der Waals surface area contributed by atoms with Crippen molar-refractivity contribution in [3.8, 4) is 0 Å². The summed E-state index contributed by atoms with van der Waals surface area (Å²) in [6.07, 6.45) is 1.03. The molecule has 1 unspecified atom stereocenters. The third-order valence-electron chi connectivity index (χ3n) is 6.26. The van der Waals surface area contributed by atoms with Crippen LogP contribution in [0.25, 0.3) is 0 Å². The van der Waals surface area contributed by atoms with Gasteiger partial charge in [0.15, 0.2) is 0 Å². The molecule has 0 aliphatic carbocycles. The Bertz CT molecular complexity index is 697. The van der Waals surface area contributed by atoms with E-state index in [1.807, 2.05) is 21.1 Å². The number of aliphatic carboxylic acids is 1. The second-order valence-corrected chi connectivity index (χ2v) is 14.0. The normalized spacial score (nSPS) is 26.7. The van der Waals surface area contributed by atoms with Crippen LogP contribution in [-0.2, 0) is 28.2 Å². The van der Waals surface area contributed by atoms with Crippen molar-refractivity contribution in [1.82, 2.24) is 4.90 Å². The number of hydrogen-bond acceptors (Lipinski definition) is 9. The highest BCUT2D eigenvalue weighted by Gasteiger charge is 2.44. The van der Waals surface area contributed by atoms with E-state index in [2.05, 4.69) is 4.90 Å². The van der Waals surface area contributed by atoms with Gasteiger partial charge in [0.2, 0.25) is 0 Å². The van der Waals surface area contributed by atoms with Gasteiger partial charge in [0, 0.05) is 44.3 Å². The van der Waals surface area contributed by atoms with Crippen LogP contribution in [0.4, 0.5) is 0 Å². The molecule has 188 valence electrons. The number of carbonyl (C=O) groups excluding carboxylic acids is 1. The molecule has 0 radical (unpaired) electrons. The highest BCUT2D eigenvalue weighted by atomic mass is 32.2. The number of quaternary nitrogens is 2. The molecule has 0 saturated carbocycles. The molecule has 3 saturated heterocycles. The largest absolute Gasteiger partial charge is 0.748 e. The smallest absolute Gasteiger partial charge is 0.501 e. The highest BCUT2D eigenvalue weighted by molar-refractivity contribution is 7.85. The lowest BCUT2D eigenvalue weighted by atomic mass is 10.2. The van der Waals surface area contributed by atoms with E-state index in [0.717, 1.165) is 32.6 Å². The molecule has 0 N–H and O–H groups in total. The van der Waals surface area contributed by atoms with Crippen LogP contribution in [0.5, 0.6) is 0 Å². The Morgan fingerprint density at radius 3 is 1.97 bits per heavy atom. The zero-order valence-corrected chi connectivity index (χ0v) is 21.4. The second kappa shape index (κ2) is 11.7. The van der Waals surface area contributed by atoms with Crippen molar-refractivity contribution in [2.75, 3.05) is 99.1 Å². The van der Waals surface area contributed by atoms with Gasteiger partial charge in [0.1, 0.15) is 19.6 Å². The Balaban J connectivity index is 1.98. The Morgan fingerprint density at radius 1 is 0.938 bits per heavy atom. The number of rotatable bonds is 13. The fourth-order valence-electron chi connectivity index (χ4n) is 4.24. The number of nitrogens with zero attached hydrogens (tertiary/aromatic N) is 3. The molecule has 3 rings (SSSR count). The lowest BCUT2D eigenvalue weighted by molar-refractivity contribution is -0.953. The summed E-state index contributed by atoms with van der Waals surface area (Å²) >= 11 is 0. The summed E-state index contributed by atoms with van der Waals surface area (Å²) in [5, 5.41) is 11.0. The van der Waals surface area contributed by atoms with E-state index in [-0.39, 0.29) is 17.4 Å². The predicted molar refractivity (Wildman–Crippen MR) is 116 cm³/mol. The summed E-state index contributed by atoms with van der Waals surface area (Å²) in [6, 6.07) is 0.679. The maximum Gasteiger partial charge on any atom is 0.501 e. The van der Waals surface area contributed by atoms with Crippen LogP contribution in [0.1, 0.15) is 12.8 Å². The second-order valence-electron chi connectivity index (χ2n) is 9.77. The summed E-state index contributed by atoms with van der Waals surface area (Å²) in [4.78, 5) is 13.3. The van der Waals surface area contributed by atoms with E-state index in [0.29, 0.717) is 50.0 Å². The van der Waals surface area contributed by atoms with Gasteiger partial charge in [0.05, 0.1) is 70.1 Å². The van der Waals surface area contributed by atoms with Gasteiger partial charge in [-0.15, -0.1) is 0 Å². The first-order valence-corrected chi connectivity index (χ1v) is 14.8. The van der Waals surface area contributed by atoms with Crippen LogP contribution in [-0.4, -0.2) is 141 Å². The van der Waals surface area contributed by atoms with E-state index in [4.69, 9.17) is 13.3 Å². The molecule has 0 spiro atoms. The van der Waals surface area contributed by atoms with Gasteiger partial charge in [-0.05, 0) is 0 Å². The molecule has 3 fully saturated rings. The van der Waals surface area contributed by atoms with Crippen LogP contribution in [0.15, 0.2) is 0 Å². The van der Waals surface area contributed by atoms with Gasteiger partial charge in [-0.3, -0.25) is 4.90 Å². The Hall–Kier alpha value is -0.643. The fraction of sp³-hybridized carbons (Fsp3) is 0.947. The van der Waals surface area contributed by atoms with Gasteiger partial charge in [-0.25, -0.2) is 8.42 Å². The number of carboxylic acid groups (broad SMARTS) is 1. The van der Waals surface area contributed by atoms with E-state index in [9.17, 15) is 22.9 Å². The molecular formula is C19H39N3O8SSi. The molecule has 3 heterocycles. The molecule has 2 bridgehead atoms. The SMILES string of the molecule is C[N+](C)(CC[N+](C)(CCC[Si]12OCCN(CCO1)CCO2)CCCS(=O)(=O)[O-])CC(=O)[O-]. The zero-order valence-electron chi connectivity index (χ0n) is 19.6. The average molecular weight is 498 g/mol. The number of carbonyl (C=O) groups is 1. The van der Waals surface area contributed by atoms with Crippen molar-refractivity contribution in [3.05, 3.63) is 0 Å². The summed E-state index contributed by atoms with van der Waals surface area (Å²) in [6.45, 7) is 6.77. The van der Waals surface area contributed by atoms with Gasteiger partial charge < -0.3 is 36.7 Å². The Labute approximate surface area is 193 Å². The third kappa shape index (κ3) is 10.1. The van der Waals surface area contributed by atoms with Crippen molar-refractivity contribution < 1.29 is 45.1 Å². The van der Waals surface area contributed by atoms with E-state index in [1.54, 1.807) is 0 Å². The van der Waals surface area contributed by atoms with Gasteiger partial charge >= 0.3 is 8.80 Å². The molecule has 0 amide bonds. The molecule has 3 aliphatic rings. The summed E-state index contributed by atoms with van der Waals surface area (Å²) in [5.41, 5.74) is 0. The summed E-state index contributed by atoms with van der Waals surface area (Å²) < 4.78 is 52.3. The average Bonchev–Trinajstić information content (AvgIpc) is 2.58. The predicted octanol–water partition coefficient (Wildman–Crippen LogP) is -2.10. The first kappa shape index (κ1) is 27.6. The van der Waals surface area contributed by atoms with Gasteiger partial charge in [-0.1, -0.05) is 0 Å². The number of carboxylic acids is 1. The monoisotopic (exact) mass is 497 g/mol. The topological polar surface area (TPSA) is 128 Å². The maximum absolute atomic E-state index is 11.1. The molecule has 1 atom stereocenters. The maximum atomic E-state index is 11.1. The minimum absolute atomic E-state index is 0.0997. The lowest BCUT2D eigenvalue weighted by Gasteiger charge is -2.40. The van der Waals surface area contributed by atoms with Gasteiger partial charge in [0.25, 0.3) is 0 Å². The van der Waals surface area contributed by atoms with E-state index < -0.39 is 30.6 Å². The Kier molecular flexibility index (Phi) is 10.1. The molecular weight excluding hydrogens is 458 g/mol. The molecule has 0 aromatic carbocycles. The molecule has 13 heteroatoms. The fourth-order valence-corrected chi connectivity index (χ4v) is 7.21. The van der Waals surface area contributed by atoms with Crippen LogP contribution < -0.4 is 5.11 Å². The zero-order chi connectivity index (χ0) is 23.9. The number of likely N-dealkylation sites (N-methyl/N-ethyl adjacent to an activating group) is 2. The van der Waals surface area contributed by atoms with Crippen molar-refractivity contribution in [1.29, 1.82) is 0 Å². The van der Waals surface area contributed by atoms with E-state index >= 15 is 0 Å². The Morgan fingerprint density at radius 2 is 1.47 bits per heavy atom. The minimum Gasteiger partial charge on any atom is -0.748 e. The summed E-state index contributed by atoms with van der Waals surface area (Å²) in [7, 11) is -1.33. The van der Waals surface area contributed by atoms with Crippen LogP contribution >= 0.6 is 0 Å². The minimum atomic E-state index is -4.27.